The molecule has 1 heteroatoms. The van der Waals surface area contributed by atoms with Gasteiger partial charge in [-0.3, -0.25) is 0 Å². The van der Waals surface area contributed by atoms with E-state index in [4.69, 9.17) is 0 Å². The molecule has 0 spiro atoms. The summed E-state index contributed by atoms with van der Waals surface area (Å²) in [5.74, 6) is 2.29. The average Bonchev–Trinajstić information content (AvgIpc) is 2.62. The molecule has 0 aromatic rings. The van der Waals surface area contributed by atoms with Crippen molar-refractivity contribution >= 4 is 6.29 Å². The van der Waals surface area contributed by atoms with E-state index >= 15 is 0 Å². The molecule has 3 atom stereocenters. The van der Waals surface area contributed by atoms with E-state index in [1.165, 1.54) is 32.0 Å². The van der Waals surface area contributed by atoms with Crippen molar-refractivity contribution in [1.82, 2.24) is 0 Å². The number of aldehydes is 1. The van der Waals surface area contributed by atoms with Crippen LogP contribution in [0.5, 0.6) is 0 Å². The Labute approximate surface area is 80.9 Å². The van der Waals surface area contributed by atoms with Gasteiger partial charge in [-0.1, -0.05) is 20.3 Å². The van der Waals surface area contributed by atoms with E-state index in [0.29, 0.717) is 5.92 Å². The zero-order chi connectivity index (χ0) is 9.47. The smallest absolute Gasteiger partial charge is 0.126 e. The van der Waals surface area contributed by atoms with Gasteiger partial charge >= 0.3 is 0 Å². The fraction of sp³-hybridized carbons (Fsp3) is 0.917. The van der Waals surface area contributed by atoms with Crippen LogP contribution in [-0.2, 0) is 4.79 Å². The highest BCUT2D eigenvalue weighted by Crippen LogP contribution is 2.57. The number of carbonyl (C=O) groups excluding carboxylic acids is 1. The minimum absolute atomic E-state index is 0.0943. The molecule has 0 saturated heterocycles. The minimum Gasteiger partial charge on any atom is -0.303 e. The molecule has 2 bridgehead atoms. The first-order chi connectivity index (χ1) is 6.16. The quantitative estimate of drug-likeness (QED) is 0.610. The zero-order valence-corrected chi connectivity index (χ0v) is 8.75. The van der Waals surface area contributed by atoms with Crippen LogP contribution in [0.15, 0.2) is 0 Å². The summed E-state index contributed by atoms with van der Waals surface area (Å²) in [4.78, 5) is 11.3. The van der Waals surface area contributed by atoms with Crippen molar-refractivity contribution in [2.24, 2.45) is 23.2 Å². The molecule has 0 amide bonds. The molecule has 0 heterocycles. The molecule has 0 aromatic heterocycles. The zero-order valence-electron chi connectivity index (χ0n) is 8.75. The molecule has 0 N–H and O–H groups in total. The third kappa shape index (κ3) is 1.43. The van der Waals surface area contributed by atoms with E-state index in [-0.39, 0.29) is 5.41 Å². The topological polar surface area (TPSA) is 17.1 Å². The van der Waals surface area contributed by atoms with Crippen molar-refractivity contribution in [3.63, 3.8) is 0 Å². The standard InChI is InChI=1S/C12H20O/c1-9(2)6-12(8-13)7-10-3-4-11(12)5-10/h8-11H,3-7H2,1-2H3. The third-order valence-corrected chi connectivity index (χ3v) is 4.05. The summed E-state index contributed by atoms with van der Waals surface area (Å²) in [6, 6.07) is 0. The van der Waals surface area contributed by atoms with E-state index in [1.807, 2.05) is 0 Å². The van der Waals surface area contributed by atoms with E-state index in [9.17, 15) is 4.79 Å². The molecule has 2 fully saturated rings. The summed E-state index contributed by atoms with van der Waals surface area (Å²) >= 11 is 0. The van der Waals surface area contributed by atoms with Crippen LogP contribution < -0.4 is 0 Å². The summed E-state index contributed by atoms with van der Waals surface area (Å²) in [5.41, 5.74) is 0.0943. The maximum Gasteiger partial charge on any atom is 0.126 e. The van der Waals surface area contributed by atoms with E-state index in [0.717, 1.165) is 18.3 Å². The molecule has 2 rings (SSSR count). The fourth-order valence-corrected chi connectivity index (χ4v) is 3.69. The molecule has 0 radical (unpaired) electrons. The SMILES string of the molecule is CC(C)CC1(C=O)CC2CCC1C2. The first-order valence-electron chi connectivity index (χ1n) is 5.62. The van der Waals surface area contributed by atoms with Gasteiger partial charge in [-0.05, 0) is 43.4 Å². The van der Waals surface area contributed by atoms with E-state index in [1.54, 1.807) is 0 Å². The second-order valence-corrected chi connectivity index (χ2v) is 5.53. The number of hydrogen-bond donors (Lipinski definition) is 0. The molecule has 2 saturated carbocycles. The van der Waals surface area contributed by atoms with E-state index in [2.05, 4.69) is 13.8 Å². The lowest BCUT2D eigenvalue weighted by molar-refractivity contribution is -0.120. The predicted octanol–water partition coefficient (Wildman–Crippen LogP) is 3.04. The van der Waals surface area contributed by atoms with Crippen molar-refractivity contribution in [3.05, 3.63) is 0 Å². The Morgan fingerprint density at radius 2 is 2.23 bits per heavy atom. The number of fused-ring (bicyclic) bond motifs is 2. The summed E-state index contributed by atoms with van der Waals surface area (Å²) in [7, 11) is 0. The minimum atomic E-state index is 0.0943. The molecule has 74 valence electrons. The van der Waals surface area contributed by atoms with Crippen molar-refractivity contribution in [3.8, 4) is 0 Å². The summed E-state index contributed by atoms with van der Waals surface area (Å²) in [6.07, 6.45) is 7.65. The van der Waals surface area contributed by atoms with Crippen LogP contribution in [0.1, 0.15) is 46.0 Å². The van der Waals surface area contributed by atoms with Crippen LogP contribution in [0.3, 0.4) is 0 Å². The number of hydrogen-bond acceptors (Lipinski definition) is 1. The maximum absolute atomic E-state index is 11.3. The second kappa shape index (κ2) is 3.11. The highest BCUT2D eigenvalue weighted by molar-refractivity contribution is 5.61. The number of carbonyl (C=O) groups is 1. The average molecular weight is 180 g/mol. The van der Waals surface area contributed by atoms with Gasteiger partial charge in [0, 0.05) is 5.41 Å². The van der Waals surface area contributed by atoms with Gasteiger partial charge in [0.25, 0.3) is 0 Å². The molecule has 0 aromatic carbocycles. The highest BCUT2D eigenvalue weighted by Gasteiger charge is 2.50. The Bertz CT molecular complexity index is 209. The molecule has 2 aliphatic carbocycles. The van der Waals surface area contributed by atoms with Crippen LogP contribution in [0, 0.1) is 23.2 Å². The van der Waals surface area contributed by atoms with Crippen molar-refractivity contribution < 1.29 is 4.79 Å². The monoisotopic (exact) mass is 180 g/mol. The lowest BCUT2D eigenvalue weighted by atomic mass is 9.69. The predicted molar refractivity (Wildman–Crippen MR) is 53.4 cm³/mol. The maximum atomic E-state index is 11.3. The molecule has 2 aliphatic rings. The lowest BCUT2D eigenvalue weighted by Gasteiger charge is -2.33. The summed E-state index contributed by atoms with van der Waals surface area (Å²) in [5, 5.41) is 0. The summed E-state index contributed by atoms with van der Waals surface area (Å²) in [6.45, 7) is 4.47. The Kier molecular flexibility index (Phi) is 2.21. The van der Waals surface area contributed by atoms with Gasteiger partial charge in [-0.15, -0.1) is 0 Å². The third-order valence-electron chi connectivity index (χ3n) is 4.05. The Morgan fingerprint density at radius 3 is 2.62 bits per heavy atom. The van der Waals surface area contributed by atoms with Crippen LogP contribution in [0.25, 0.3) is 0 Å². The largest absolute Gasteiger partial charge is 0.303 e. The molecule has 13 heavy (non-hydrogen) atoms. The molecule has 3 unspecified atom stereocenters. The van der Waals surface area contributed by atoms with Crippen LogP contribution >= 0.6 is 0 Å². The fourth-order valence-electron chi connectivity index (χ4n) is 3.69. The van der Waals surface area contributed by atoms with Gasteiger partial charge in [-0.25, -0.2) is 0 Å². The second-order valence-electron chi connectivity index (χ2n) is 5.53. The molecular formula is C12H20O. The Balaban J connectivity index is 2.12. The lowest BCUT2D eigenvalue weighted by Crippen LogP contribution is -2.31. The van der Waals surface area contributed by atoms with Crippen molar-refractivity contribution in [2.45, 2.75) is 46.0 Å². The first-order valence-corrected chi connectivity index (χ1v) is 5.62. The highest BCUT2D eigenvalue weighted by atomic mass is 16.1. The van der Waals surface area contributed by atoms with Gasteiger partial charge in [0.1, 0.15) is 6.29 Å². The van der Waals surface area contributed by atoms with Crippen LogP contribution in [0.4, 0.5) is 0 Å². The Hall–Kier alpha value is -0.330. The molecular weight excluding hydrogens is 160 g/mol. The van der Waals surface area contributed by atoms with Crippen molar-refractivity contribution in [2.75, 3.05) is 0 Å². The van der Waals surface area contributed by atoms with Crippen LogP contribution in [-0.4, -0.2) is 6.29 Å². The first kappa shape index (κ1) is 9.23. The molecule has 1 nitrogen and oxygen atoms in total. The summed E-state index contributed by atoms with van der Waals surface area (Å²) < 4.78 is 0. The van der Waals surface area contributed by atoms with Gasteiger partial charge < -0.3 is 4.79 Å². The van der Waals surface area contributed by atoms with Gasteiger partial charge in [0.05, 0.1) is 0 Å². The van der Waals surface area contributed by atoms with E-state index < -0.39 is 0 Å². The molecule has 0 aliphatic heterocycles. The van der Waals surface area contributed by atoms with Gasteiger partial charge in [0.2, 0.25) is 0 Å². The van der Waals surface area contributed by atoms with Crippen LogP contribution in [0.2, 0.25) is 0 Å². The van der Waals surface area contributed by atoms with Gasteiger partial charge in [0.15, 0.2) is 0 Å². The van der Waals surface area contributed by atoms with Crippen molar-refractivity contribution in [1.29, 1.82) is 0 Å². The number of rotatable bonds is 3. The Morgan fingerprint density at radius 1 is 1.46 bits per heavy atom. The van der Waals surface area contributed by atoms with Gasteiger partial charge in [-0.2, -0.15) is 0 Å². The normalized spacial score (nSPS) is 43.0.